The summed E-state index contributed by atoms with van der Waals surface area (Å²) in [6.07, 6.45) is 4.81. The molecule has 10 heavy (non-hydrogen) atoms. The minimum atomic E-state index is 0.701. The van der Waals surface area contributed by atoms with Crippen LogP contribution in [-0.4, -0.2) is 18.5 Å². The predicted octanol–water partition coefficient (Wildman–Crippen LogP) is 0.984. The summed E-state index contributed by atoms with van der Waals surface area (Å²) in [7, 11) is 0. The minimum absolute atomic E-state index is 0.701. The third-order valence-corrected chi connectivity index (χ3v) is 1.75. The van der Waals surface area contributed by atoms with Gasteiger partial charge in [0.1, 0.15) is 18.2 Å². The number of aromatic nitrogens is 4. The highest BCUT2D eigenvalue weighted by molar-refractivity contribution is 9.08. The Morgan fingerprint density at radius 1 is 1.40 bits per heavy atom. The first-order valence-electron chi connectivity index (χ1n) is 2.67. The van der Waals surface area contributed by atoms with Gasteiger partial charge >= 0.3 is 0 Å². The lowest BCUT2D eigenvalue weighted by atomic mass is 10.6. The van der Waals surface area contributed by atoms with Crippen molar-refractivity contribution in [3.05, 3.63) is 18.9 Å². The van der Waals surface area contributed by atoms with Crippen molar-refractivity contribution in [3.8, 4) is 0 Å². The Kier molecular flexibility index (Phi) is 1.17. The number of hydrogen-bond donors (Lipinski definition) is 0. The molecule has 0 saturated carbocycles. The van der Waals surface area contributed by atoms with Gasteiger partial charge in [0.05, 0.1) is 22.3 Å². The van der Waals surface area contributed by atoms with Crippen LogP contribution in [0.2, 0.25) is 0 Å². The molecule has 0 bridgehead atoms. The lowest BCUT2D eigenvalue weighted by molar-refractivity contribution is 1.20. The molecule has 0 aliphatic heterocycles. The average molecular weight is 199 g/mol. The Bertz CT molecular complexity index is 355. The van der Waals surface area contributed by atoms with Crippen LogP contribution >= 0.6 is 16.1 Å². The molecule has 0 radical (unpaired) electrons. The van der Waals surface area contributed by atoms with Gasteiger partial charge in [-0.2, -0.15) is 0 Å². The van der Waals surface area contributed by atoms with Crippen LogP contribution in [0.1, 0.15) is 0 Å². The summed E-state index contributed by atoms with van der Waals surface area (Å²) >= 11 is 3.24. The second-order valence-electron chi connectivity index (χ2n) is 1.79. The van der Waals surface area contributed by atoms with E-state index in [1.807, 2.05) is 0 Å². The lowest BCUT2D eigenvalue weighted by Crippen LogP contribution is -1.79. The zero-order valence-electron chi connectivity index (χ0n) is 4.90. The average Bonchev–Trinajstić information content (AvgIpc) is 2.34. The zero-order chi connectivity index (χ0) is 6.97. The molecule has 4 nitrogen and oxygen atoms in total. The second-order valence-corrected chi connectivity index (χ2v) is 2.55. The standard InChI is InChI=1S/C5H3BrN4/c6-10-3-9-5-4(10)1-7-2-8-5/h1-3H. The third kappa shape index (κ3) is 0.706. The second kappa shape index (κ2) is 2.02. The van der Waals surface area contributed by atoms with Gasteiger partial charge in [-0.1, -0.05) is 0 Å². The van der Waals surface area contributed by atoms with Crippen LogP contribution in [0, 0.1) is 0 Å². The molecule has 0 atom stereocenters. The van der Waals surface area contributed by atoms with Crippen molar-refractivity contribution in [2.75, 3.05) is 0 Å². The van der Waals surface area contributed by atoms with Crippen LogP contribution < -0.4 is 0 Å². The van der Waals surface area contributed by atoms with Crippen molar-refractivity contribution in [1.29, 1.82) is 0 Å². The maximum Gasteiger partial charge on any atom is 0.181 e. The molecule has 0 aromatic carbocycles. The normalized spacial score (nSPS) is 10.5. The van der Waals surface area contributed by atoms with Crippen molar-refractivity contribution >= 4 is 27.3 Å². The van der Waals surface area contributed by atoms with Crippen LogP contribution in [-0.2, 0) is 0 Å². The third-order valence-electron chi connectivity index (χ3n) is 1.18. The molecule has 2 heterocycles. The maximum atomic E-state index is 3.98. The molecular weight excluding hydrogens is 196 g/mol. The molecule has 50 valence electrons. The highest BCUT2D eigenvalue weighted by Crippen LogP contribution is 2.08. The molecule has 0 aliphatic carbocycles. The number of rotatable bonds is 0. The van der Waals surface area contributed by atoms with Gasteiger partial charge in [0.15, 0.2) is 5.65 Å². The largest absolute Gasteiger partial charge is 0.261 e. The van der Waals surface area contributed by atoms with Gasteiger partial charge in [-0.05, 0) is 0 Å². The van der Waals surface area contributed by atoms with Crippen molar-refractivity contribution in [2.24, 2.45) is 0 Å². The number of imidazole rings is 1. The monoisotopic (exact) mass is 198 g/mol. The fourth-order valence-electron chi connectivity index (χ4n) is 0.734. The SMILES string of the molecule is Brn1cnc2ncncc21. The Hall–Kier alpha value is -0.970. The number of fused-ring (bicyclic) bond motifs is 1. The van der Waals surface area contributed by atoms with Gasteiger partial charge in [-0.15, -0.1) is 0 Å². The number of halogens is 1. The van der Waals surface area contributed by atoms with Crippen LogP contribution in [0.15, 0.2) is 18.9 Å². The number of nitrogens with zero attached hydrogens (tertiary/aromatic N) is 4. The molecule has 5 heteroatoms. The van der Waals surface area contributed by atoms with E-state index in [9.17, 15) is 0 Å². The van der Waals surface area contributed by atoms with Gasteiger partial charge in [-0.3, -0.25) is 3.59 Å². The quantitative estimate of drug-likeness (QED) is 0.635. The number of hydrogen-bond acceptors (Lipinski definition) is 3. The fourth-order valence-corrected chi connectivity index (χ4v) is 1.08. The van der Waals surface area contributed by atoms with E-state index < -0.39 is 0 Å². The van der Waals surface area contributed by atoms with E-state index in [1.54, 1.807) is 16.1 Å². The van der Waals surface area contributed by atoms with Gasteiger partial charge < -0.3 is 0 Å². The minimum Gasteiger partial charge on any atom is -0.261 e. The Labute approximate surface area is 65.3 Å². The highest BCUT2D eigenvalue weighted by atomic mass is 79.9. The summed E-state index contributed by atoms with van der Waals surface area (Å²) in [6.45, 7) is 0. The van der Waals surface area contributed by atoms with E-state index in [0.717, 1.165) is 5.52 Å². The summed E-state index contributed by atoms with van der Waals surface area (Å²) < 4.78 is 1.70. The molecule has 0 N–H and O–H groups in total. The van der Waals surface area contributed by atoms with Crippen molar-refractivity contribution < 1.29 is 0 Å². The van der Waals surface area contributed by atoms with E-state index in [0.29, 0.717) is 5.65 Å². The molecule has 0 aliphatic rings. The first-order chi connectivity index (χ1) is 4.88. The highest BCUT2D eigenvalue weighted by Gasteiger charge is 1.98. The van der Waals surface area contributed by atoms with Crippen LogP contribution in [0.5, 0.6) is 0 Å². The van der Waals surface area contributed by atoms with Gasteiger partial charge in [0, 0.05) is 0 Å². The molecule has 0 spiro atoms. The van der Waals surface area contributed by atoms with Crippen LogP contribution in [0.25, 0.3) is 11.2 Å². The van der Waals surface area contributed by atoms with E-state index in [2.05, 4.69) is 31.1 Å². The topological polar surface area (TPSA) is 43.6 Å². The van der Waals surface area contributed by atoms with Crippen molar-refractivity contribution in [1.82, 2.24) is 18.5 Å². The van der Waals surface area contributed by atoms with Gasteiger partial charge in [-0.25, -0.2) is 15.0 Å². The molecule has 0 fully saturated rings. The summed E-state index contributed by atoms with van der Waals surface area (Å²) in [5.74, 6) is 0. The van der Waals surface area contributed by atoms with E-state index in [-0.39, 0.29) is 0 Å². The molecule has 2 aromatic heterocycles. The smallest absolute Gasteiger partial charge is 0.181 e. The lowest BCUT2D eigenvalue weighted by Gasteiger charge is -1.86. The van der Waals surface area contributed by atoms with Crippen molar-refractivity contribution in [3.63, 3.8) is 0 Å². The summed E-state index contributed by atoms with van der Waals surface area (Å²) in [5, 5.41) is 0. The summed E-state index contributed by atoms with van der Waals surface area (Å²) in [5.41, 5.74) is 1.58. The van der Waals surface area contributed by atoms with Crippen LogP contribution in [0.4, 0.5) is 0 Å². The first kappa shape index (κ1) is 5.79. The van der Waals surface area contributed by atoms with Gasteiger partial charge in [0.2, 0.25) is 0 Å². The molecule has 2 rings (SSSR count). The Morgan fingerprint density at radius 3 is 3.10 bits per heavy atom. The van der Waals surface area contributed by atoms with Gasteiger partial charge in [0.25, 0.3) is 0 Å². The molecule has 2 aromatic rings. The molecular formula is C5H3BrN4. The van der Waals surface area contributed by atoms with Crippen molar-refractivity contribution in [2.45, 2.75) is 0 Å². The maximum absolute atomic E-state index is 3.98. The van der Waals surface area contributed by atoms with E-state index in [4.69, 9.17) is 0 Å². The fraction of sp³-hybridized carbons (Fsp3) is 0. The van der Waals surface area contributed by atoms with E-state index in [1.165, 1.54) is 6.33 Å². The first-order valence-corrected chi connectivity index (χ1v) is 3.38. The zero-order valence-corrected chi connectivity index (χ0v) is 6.48. The van der Waals surface area contributed by atoms with E-state index >= 15 is 0 Å². The van der Waals surface area contributed by atoms with Crippen LogP contribution in [0.3, 0.4) is 0 Å². The molecule has 0 saturated heterocycles. The Morgan fingerprint density at radius 2 is 2.30 bits per heavy atom. The Balaban J connectivity index is 2.93. The summed E-state index contributed by atoms with van der Waals surface area (Å²) in [4.78, 5) is 11.8. The molecule has 0 unspecified atom stereocenters. The molecule has 0 amide bonds. The predicted molar refractivity (Wildman–Crippen MR) is 39.6 cm³/mol. The summed E-state index contributed by atoms with van der Waals surface area (Å²) in [6, 6.07) is 0.